The summed E-state index contributed by atoms with van der Waals surface area (Å²) in [5.74, 6) is -0.496. The van der Waals surface area contributed by atoms with E-state index in [-0.39, 0.29) is 24.1 Å². The van der Waals surface area contributed by atoms with Gasteiger partial charge in [-0.15, -0.1) is 0 Å². The molecule has 1 aromatic heterocycles. The minimum atomic E-state index is -0.836. The molecular formula is C23H20N4O4. The van der Waals surface area contributed by atoms with E-state index in [1.165, 1.54) is 0 Å². The lowest BCUT2D eigenvalue weighted by atomic mass is 10.0. The predicted molar refractivity (Wildman–Crippen MR) is 111 cm³/mol. The van der Waals surface area contributed by atoms with Gasteiger partial charge in [0.25, 0.3) is 11.5 Å². The van der Waals surface area contributed by atoms with Gasteiger partial charge in [-0.1, -0.05) is 42.5 Å². The number of carbonyl (C=O) groups is 2. The first kappa shape index (κ1) is 18.3. The number of H-pyrrole nitrogens is 1. The number of hydrogen-bond donors (Lipinski definition) is 1. The van der Waals surface area contributed by atoms with Gasteiger partial charge in [-0.05, 0) is 17.7 Å². The number of likely N-dealkylation sites (tertiary alicyclic amines) is 1. The number of aromatic nitrogens is 2. The van der Waals surface area contributed by atoms with Gasteiger partial charge in [-0.25, -0.2) is 4.98 Å². The molecule has 3 atom stereocenters. The number of fused-ring (bicyclic) bond motifs is 1. The summed E-state index contributed by atoms with van der Waals surface area (Å²) in [6.45, 7) is 0.797. The Balaban J connectivity index is 1.35. The Kier molecular flexibility index (Phi) is 3.82. The second-order valence-electron chi connectivity index (χ2n) is 8.25. The van der Waals surface area contributed by atoms with Crippen LogP contribution in [0.4, 0.5) is 0 Å². The topological polar surface area (TPSA) is 95.6 Å². The quantitative estimate of drug-likeness (QED) is 0.688. The fourth-order valence-corrected chi connectivity index (χ4v) is 5.32. The summed E-state index contributed by atoms with van der Waals surface area (Å²) in [6, 6.07) is 16.3. The highest BCUT2D eigenvalue weighted by molar-refractivity contribution is 5.95. The molecule has 3 aromatic rings. The van der Waals surface area contributed by atoms with Crippen molar-refractivity contribution in [2.24, 2.45) is 0 Å². The molecule has 2 amide bonds. The highest BCUT2D eigenvalue weighted by Gasteiger charge is 2.65. The zero-order valence-corrected chi connectivity index (χ0v) is 16.7. The molecule has 3 saturated heterocycles. The molecule has 3 aliphatic rings. The molecule has 8 nitrogen and oxygen atoms in total. The van der Waals surface area contributed by atoms with Crippen LogP contribution < -0.4 is 5.56 Å². The van der Waals surface area contributed by atoms with Crippen molar-refractivity contribution < 1.29 is 14.3 Å². The third-order valence-corrected chi connectivity index (χ3v) is 6.70. The lowest BCUT2D eigenvalue weighted by molar-refractivity contribution is -0.138. The van der Waals surface area contributed by atoms with Crippen LogP contribution >= 0.6 is 0 Å². The van der Waals surface area contributed by atoms with Crippen LogP contribution in [0, 0.1) is 0 Å². The van der Waals surface area contributed by atoms with Crippen molar-refractivity contribution in [3.05, 3.63) is 76.2 Å². The molecule has 2 aromatic carbocycles. The Morgan fingerprint density at radius 3 is 2.71 bits per heavy atom. The zero-order chi connectivity index (χ0) is 21.2. The predicted octanol–water partition coefficient (Wildman–Crippen LogP) is 1.84. The molecule has 156 valence electrons. The number of benzene rings is 2. The number of para-hydroxylation sites is 2. The van der Waals surface area contributed by atoms with E-state index >= 15 is 0 Å². The maximum absolute atomic E-state index is 13.4. The number of amides is 2. The second kappa shape index (κ2) is 6.49. The summed E-state index contributed by atoms with van der Waals surface area (Å²) in [5.41, 5.74) is 0.626. The van der Waals surface area contributed by atoms with Crippen LogP contribution in [0.5, 0.6) is 0 Å². The molecule has 0 saturated carbocycles. The standard InChI is InChI=1S/C23H20N4O4/c28-19-12-18-23(27(19)17(13-31-23)14-6-2-1-3-7-14)10-11-26(18)22(30)20-21(29)25-16-9-5-4-8-15(16)24-20/h1-9,17-18H,10-13H2,(H,25,29)/t17-,18+,23-/m0/s1. The summed E-state index contributed by atoms with van der Waals surface area (Å²) in [6.07, 6.45) is 0.699. The number of carbonyl (C=O) groups excluding carboxylic acids is 2. The number of nitrogens with one attached hydrogen (secondary N) is 1. The molecule has 6 rings (SSSR count). The summed E-state index contributed by atoms with van der Waals surface area (Å²) in [5, 5.41) is 0. The van der Waals surface area contributed by atoms with Gasteiger partial charge in [0.15, 0.2) is 11.4 Å². The molecule has 8 heteroatoms. The third-order valence-electron chi connectivity index (χ3n) is 6.70. The molecule has 1 spiro atoms. The monoisotopic (exact) mass is 416 g/mol. The Labute approximate surface area is 177 Å². The van der Waals surface area contributed by atoms with Gasteiger partial charge in [-0.3, -0.25) is 14.4 Å². The van der Waals surface area contributed by atoms with E-state index in [1.807, 2.05) is 35.2 Å². The fourth-order valence-electron chi connectivity index (χ4n) is 5.32. The SMILES string of the molecule is O=C(c1nc2ccccc2[nH]c1=O)N1CC[C@@]23OC[C@@H](c4ccccc4)N2C(=O)C[C@@H]13. The van der Waals surface area contributed by atoms with Crippen LogP contribution in [0.3, 0.4) is 0 Å². The van der Waals surface area contributed by atoms with E-state index < -0.39 is 23.2 Å². The number of aromatic amines is 1. The van der Waals surface area contributed by atoms with Gasteiger partial charge in [0.1, 0.15) is 0 Å². The minimum Gasteiger partial charge on any atom is -0.351 e. The summed E-state index contributed by atoms with van der Waals surface area (Å²) in [4.78, 5) is 49.4. The zero-order valence-electron chi connectivity index (χ0n) is 16.7. The van der Waals surface area contributed by atoms with Crippen molar-refractivity contribution >= 4 is 22.8 Å². The number of nitrogens with zero attached hydrogens (tertiary/aromatic N) is 3. The van der Waals surface area contributed by atoms with Crippen LogP contribution in [-0.2, 0) is 9.53 Å². The van der Waals surface area contributed by atoms with Gasteiger partial charge in [0.2, 0.25) is 5.91 Å². The molecule has 3 fully saturated rings. The number of rotatable bonds is 2. The van der Waals surface area contributed by atoms with Crippen molar-refractivity contribution in [3.8, 4) is 0 Å². The number of ether oxygens (including phenoxy) is 1. The van der Waals surface area contributed by atoms with E-state index in [1.54, 1.807) is 29.2 Å². The third kappa shape index (κ3) is 2.51. The van der Waals surface area contributed by atoms with Gasteiger partial charge in [0, 0.05) is 13.0 Å². The average Bonchev–Trinajstić information content (AvgIpc) is 3.42. The van der Waals surface area contributed by atoms with E-state index in [4.69, 9.17) is 4.74 Å². The van der Waals surface area contributed by atoms with Crippen molar-refractivity contribution in [3.63, 3.8) is 0 Å². The molecule has 0 radical (unpaired) electrons. The van der Waals surface area contributed by atoms with E-state index in [9.17, 15) is 14.4 Å². The number of hydrogen-bond acceptors (Lipinski definition) is 5. The van der Waals surface area contributed by atoms with E-state index in [2.05, 4.69) is 9.97 Å². The first-order chi connectivity index (χ1) is 15.1. The molecule has 4 heterocycles. The summed E-state index contributed by atoms with van der Waals surface area (Å²) < 4.78 is 6.25. The second-order valence-corrected chi connectivity index (χ2v) is 8.25. The highest BCUT2D eigenvalue weighted by Crippen LogP contribution is 2.51. The summed E-state index contributed by atoms with van der Waals surface area (Å²) >= 11 is 0. The fraction of sp³-hybridized carbons (Fsp3) is 0.304. The van der Waals surface area contributed by atoms with Crippen LogP contribution in [0.15, 0.2) is 59.4 Å². The molecule has 3 aliphatic heterocycles. The Morgan fingerprint density at radius 2 is 1.87 bits per heavy atom. The normalized spacial score (nSPS) is 27.0. The van der Waals surface area contributed by atoms with Crippen LogP contribution in [0.1, 0.15) is 34.9 Å². The van der Waals surface area contributed by atoms with Crippen LogP contribution in [0.25, 0.3) is 11.0 Å². The van der Waals surface area contributed by atoms with Gasteiger partial charge >= 0.3 is 0 Å². The highest BCUT2D eigenvalue weighted by atomic mass is 16.5. The molecule has 1 N–H and O–H groups in total. The molecule has 0 unspecified atom stereocenters. The van der Waals surface area contributed by atoms with Crippen LogP contribution in [-0.4, -0.2) is 56.5 Å². The first-order valence-corrected chi connectivity index (χ1v) is 10.4. The largest absolute Gasteiger partial charge is 0.351 e. The van der Waals surface area contributed by atoms with Crippen molar-refractivity contribution in [2.75, 3.05) is 13.2 Å². The summed E-state index contributed by atoms with van der Waals surface area (Å²) in [7, 11) is 0. The Morgan fingerprint density at radius 1 is 1.10 bits per heavy atom. The molecule has 0 bridgehead atoms. The maximum Gasteiger partial charge on any atom is 0.280 e. The first-order valence-electron chi connectivity index (χ1n) is 10.4. The molecule has 0 aliphatic carbocycles. The van der Waals surface area contributed by atoms with Crippen LogP contribution in [0.2, 0.25) is 0 Å². The Bertz CT molecular complexity index is 1270. The lowest BCUT2D eigenvalue weighted by Crippen LogP contribution is -2.49. The Hall–Kier alpha value is -3.52. The molecular weight excluding hydrogens is 396 g/mol. The van der Waals surface area contributed by atoms with E-state index in [0.29, 0.717) is 30.6 Å². The van der Waals surface area contributed by atoms with Crippen molar-refractivity contribution in [1.82, 2.24) is 19.8 Å². The van der Waals surface area contributed by atoms with Crippen molar-refractivity contribution in [1.29, 1.82) is 0 Å². The minimum absolute atomic E-state index is 0.0331. The van der Waals surface area contributed by atoms with Gasteiger partial charge in [-0.2, -0.15) is 0 Å². The lowest BCUT2D eigenvalue weighted by Gasteiger charge is -2.33. The van der Waals surface area contributed by atoms with E-state index in [0.717, 1.165) is 5.56 Å². The molecule has 31 heavy (non-hydrogen) atoms. The maximum atomic E-state index is 13.4. The van der Waals surface area contributed by atoms with Gasteiger partial charge in [0.05, 0.1) is 36.1 Å². The smallest absolute Gasteiger partial charge is 0.280 e. The van der Waals surface area contributed by atoms with Crippen molar-refractivity contribution in [2.45, 2.75) is 30.7 Å². The van der Waals surface area contributed by atoms with Gasteiger partial charge < -0.3 is 19.5 Å². The average molecular weight is 416 g/mol.